The molecule has 0 radical (unpaired) electrons. The Labute approximate surface area is 186 Å². The van der Waals surface area contributed by atoms with Gasteiger partial charge in [-0.1, -0.05) is 54.6 Å². The van der Waals surface area contributed by atoms with Gasteiger partial charge in [-0.3, -0.25) is 4.79 Å². The van der Waals surface area contributed by atoms with Gasteiger partial charge in [0.2, 0.25) is 5.89 Å². The Bertz CT molecular complexity index is 1200. The van der Waals surface area contributed by atoms with Crippen LogP contribution in [0.15, 0.2) is 83.3 Å². The molecule has 4 aromatic rings. The summed E-state index contributed by atoms with van der Waals surface area (Å²) in [6, 6.07) is 24.5. The second-order valence-electron chi connectivity index (χ2n) is 7.25. The highest BCUT2D eigenvalue weighted by atomic mass is 16.5. The molecule has 4 rings (SSSR count). The van der Waals surface area contributed by atoms with E-state index < -0.39 is 5.97 Å². The zero-order chi connectivity index (χ0) is 22.3. The highest BCUT2D eigenvalue weighted by Crippen LogP contribution is 2.26. The molecule has 0 spiro atoms. The number of hydrogen-bond donors (Lipinski definition) is 1. The number of ether oxygens (including phenoxy) is 2. The molecule has 0 fully saturated rings. The largest absolute Gasteiger partial charge is 0.488 e. The Balaban J connectivity index is 1.45. The molecule has 6 nitrogen and oxygen atoms in total. The van der Waals surface area contributed by atoms with Crippen molar-refractivity contribution in [1.82, 2.24) is 4.98 Å². The second kappa shape index (κ2) is 9.83. The molecule has 0 atom stereocenters. The van der Waals surface area contributed by atoms with Gasteiger partial charge in [0.25, 0.3) is 0 Å². The Morgan fingerprint density at radius 2 is 1.44 bits per heavy atom. The van der Waals surface area contributed by atoms with Crippen LogP contribution in [0.2, 0.25) is 0 Å². The number of carboxylic acids is 1. The number of benzene rings is 3. The fraction of sp³-hybridized carbons (Fsp3) is 0.154. The summed E-state index contributed by atoms with van der Waals surface area (Å²) in [6.45, 7) is 2.38. The van der Waals surface area contributed by atoms with Gasteiger partial charge in [0.15, 0.2) is 0 Å². The van der Waals surface area contributed by atoms with Gasteiger partial charge in [-0.15, -0.1) is 0 Å². The molecule has 0 aliphatic rings. The van der Waals surface area contributed by atoms with Crippen LogP contribution in [0.1, 0.15) is 22.6 Å². The molecule has 0 aliphatic carbocycles. The fourth-order valence-corrected chi connectivity index (χ4v) is 3.29. The molecule has 1 aromatic heterocycles. The van der Waals surface area contributed by atoms with E-state index in [9.17, 15) is 4.79 Å². The quantitative estimate of drug-likeness (QED) is 0.382. The number of para-hydroxylation sites is 2. The van der Waals surface area contributed by atoms with Gasteiger partial charge in [-0.25, -0.2) is 4.98 Å². The first-order valence-corrected chi connectivity index (χ1v) is 10.2. The molecule has 1 N–H and O–H groups in total. The van der Waals surface area contributed by atoms with E-state index in [1.54, 1.807) is 18.2 Å². The number of aryl methyl sites for hydroxylation is 1. The van der Waals surface area contributed by atoms with Crippen molar-refractivity contribution in [3.05, 3.63) is 101 Å². The van der Waals surface area contributed by atoms with Crippen LogP contribution in [0.5, 0.6) is 11.5 Å². The zero-order valence-corrected chi connectivity index (χ0v) is 17.7. The van der Waals surface area contributed by atoms with Crippen molar-refractivity contribution in [1.29, 1.82) is 0 Å². The van der Waals surface area contributed by atoms with Gasteiger partial charge in [0, 0.05) is 16.7 Å². The van der Waals surface area contributed by atoms with E-state index in [0.29, 0.717) is 28.7 Å². The second-order valence-corrected chi connectivity index (χ2v) is 7.25. The van der Waals surface area contributed by atoms with Crippen molar-refractivity contribution in [2.45, 2.75) is 26.6 Å². The molecule has 0 saturated carbocycles. The lowest BCUT2D eigenvalue weighted by Crippen LogP contribution is -2.05. The third-order valence-electron chi connectivity index (χ3n) is 4.95. The SMILES string of the molecule is Cc1oc(-c2ccccc2)nc1COc1ccccc1COc1ccccc1CC(=O)O. The number of rotatable bonds is 9. The van der Waals surface area contributed by atoms with Crippen molar-refractivity contribution in [3.8, 4) is 23.0 Å². The van der Waals surface area contributed by atoms with Crippen LogP contribution in [0.3, 0.4) is 0 Å². The van der Waals surface area contributed by atoms with Crippen molar-refractivity contribution in [2.75, 3.05) is 0 Å². The smallest absolute Gasteiger partial charge is 0.307 e. The summed E-state index contributed by atoms with van der Waals surface area (Å²) in [7, 11) is 0. The number of aliphatic carboxylic acids is 1. The van der Waals surface area contributed by atoms with E-state index in [0.717, 1.165) is 16.8 Å². The number of carboxylic acid groups (broad SMARTS) is 1. The summed E-state index contributed by atoms with van der Waals surface area (Å²) < 4.78 is 17.8. The lowest BCUT2D eigenvalue weighted by Gasteiger charge is -2.13. The Morgan fingerprint density at radius 1 is 0.844 bits per heavy atom. The van der Waals surface area contributed by atoms with Crippen LogP contribution in [0, 0.1) is 6.92 Å². The number of oxazole rings is 1. The first-order chi connectivity index (χ1) is 15.6. The third kappa shape index (κ3) is 5.16. The predicted molar refractivity (Wildman–Crippen MR) is 120 cm³/mol. The third-order valence-corrected chi connectivity index (χ3v) is 4.95. The average Bonchev–Trinajstić information content (AvgIpc) is 3.18. The zero-order valence-electron chi connectivity index (χ0n) is 17.7. The van der Waals surface area contributed by atoms with E-state index in [1.807, 2.05) is 67.6 Å². The van der Waals surface area contributed by atoms with Gasteiger partial charge in [0.1, 0.15) is 36.2 Å². The summed E-state index contributed by atoms with van der Waals surface area (Å²) in [6.07, 6.45) is -0.0937. The highest BCUT2D eigenvalue weighted by Gasteiger charge is 2.14. The van der Waals surface area contributed by atoms with E-state index in [4.69, 9.17) is 19.0 Å². The summed E-state index contributed by atoms with van der Waals surface area (Å²) in [5.41, 5.74) is 3.12. The molecule has 0 bridgehead atoms. The van der Waals surface area contributed by atoms with Gasteiger partial charge in [0.05, 0.1) is 6.42 Å². The Hall–Kier alpha value is -4.06. The summed E-state index contributed by atoms with van der Waals surface area (Å²) in [5, 5.41) is 9.11. The summed E-state index contributed by atoms with van der Waals surface area (Å²) in [5.74, 6) is 1.59. The van der Waals surface area contributed by atoms with Gasteiger partial charge in [-0.2, -0.15) is 0 Å². The maximum Gasteiger partial charge on any atom is 0.307 e. The fourth-order valence-electron chi connectivity index (χ4n) is 3.29. The molecule has 32 heavy (non-hydrogen) atoms. The molecule has 1 heterocycles. The molecular formula is C26H23NO5. The molecule has 0 amide bonds. The Morgan fingerprint density at radius 3 is 2.16 bits per heavy atom. The van der Waals surface area contributed by atoms with Crippen LogP contribution in [-0.4, -0.2) is 16.1 Å². The van der Waals surface area contributed by atoms with Crippen molar-refractivity contribution >= 4 is 5.97 Å². The van der Waals surface area contributed by atoms with E-state index in [1.165, 1.54) is 0 Å². The summed E-state index contributed by atoms with van der Waals surface area (Å²) >= 11 is 0. The lowest BCUT2D eigenvalue weighted by atomic mass is 10.1. The van der Waals surface area contributed by atoms with Gasteiger partial charge < -0.3 is 19.0 Å². The van der Waals surface area contributed by atoms with Crippen LogP contribution in [0.25, 0.3) is 11.5 Å². The number of hydrogen-bond acceptors (Lipinski definition) is 5. The molecular weight excluding hydrogens is 406 g/mol. The topological polar surface area (TPSA) is 81.8 Å². The summed E-state index contributed by atoms with van der Waals surface area (Å²) in [4.78, 5) is 15.7. The monoisotopic (exact) mass is 429 g/mol. The van der Waals surface area contributed by atoms with Crippen LogP contribution in [-0.2, 0) is 24.4 Å². The Kier molecular flexibility index (Phi) is 6.51. The first kappa shape index (κ1) is 21.2. The minimum Gasteiger partial charge on any atom is -0.488 e. The van der Waals surface area contributed by atoms with Gasteiger partial charge in [-0.05, 0) is 31.2 Å². The van der Waals surface area contributed by atoms with Crippen molar-refractivity contribution in [3.63, 3.8) is 0 Å². The lowest BCUT2D eigenvalue weighted by molar-refractivity contribution is -0.136. The molecule has 162 valence electrons. The molecule has 3 aromatic carbocycles. The van der Waals surface area contributed by atoms with E-state index >= 15 is 0 Å². The standard InChI is InChI=1S/C26H23NO5/c1-18-22(27-26(32-18)19-9-3-2-4-10-19)17-31-24-14-8-6-12-21(24)16-30-23-13-7-5-11-20(23)15-25(28)29/h2-14H,15-17H2,1H3,(H,28,29). The molecule has 6 heteroatoms. The highest BCUT2D eigenvalue weighted by molar-refractivity contribution is 5.71. The number of carbonyl (C=O) groups is 1. The van der Waals surface area contributed by atoms with Crippen LogP contribution in [0.4, 0.5) is 0 Å². The van der Waals surface area contributed by atoms with E-state index in [-0.39, 0.29) is 19.6 Å². The van der Waals surface area contributed by atoms with E-state index in [2.05, 4.69) is 4.98 Å². The number of nitrogens with zero attached hydrogens (tertiary/aromatic N) is 1. The predicted octanol–water partition coefficient (Wildman–Crippen LogP) is 5.44. The number of aromatic nitrogens is 1. The maximum absolute atomic E-state index is 11.1. The minimum atomic E-state index is -0.900. The van der Waals surface area contributed by atoms with Gasteiger partial charge >= 0.3 is 5.97 Å². The normalized spacial score (nSPS) is 10.7. The molecule has 0 aliphatic heterocycles. The van der Waals surface area contributed by atoms with Crippen LogP contribution < -0.4 is 9.47 Å². The van der Waals surface area contributed by atoms with Crippen molar-refractivity contribution in [2.24, 2.45) is 0 Å². The molecule has 0 saturated heterocycles. The molecule has 0 unspecified atom stereocenters. The van der Waals surface area contributed by atoms with Crippen molar-refractivity contribution < 1.29 is 23.8 Å². The minimum absolute atomic E-state index is 0.0937. The first-order valence-electron chi connectivity index (χ1n) is 10.2. The van der Waals surface area contributed by atoms with Crippen LogP contribution >= 0.6 is 0 Å². The average molecular weight is 429 g/mol. The maximum atomic E-state index is 11.1.